The Balaban J connectivity index is 1.71. The van der Waals surface area contributed by atoms with E-state index in [-0.39, 0.29) is 12.0 Å². The lowest BCUT2D eigenvalue weighted by molar-refractivity contribution is -0.130. The minimum absolute atomic E-state index is 0.161. The molecule has 1 amide bonds. The van der Waals surface area contributed by atoms with Gasteiger partial charge in [0.25, 0.3) is 0 Å². The number of amides is 1. The van der Waals surface area contributed by atoms with Crippen molar-refractivity contribution in [2.45, 2.75) is 25.9 Å². The van der Waals surface area contributed by atoms with E-state index < -0.39 is 0 Å². The van der Waals surface area contributed by atoms with Crippen LogP contribution in [0.3, 0.4) is 0 Å². The second-order valence-corrected chi connectivity index (χ2v) is 5.46. The number of aliphatic hydroxyl groups is 1. The van der Waals surface area contributed by atoms with Crippen LogP contribution in [0, 0.1) is 5.92 Å². The maximum atomic E-state index is 11.2. The van der Waals surface area contributed by atoms with Gasteiger partial charge in [0, 0.05) is 39.6 Å². The molecule has 0 aliphatic carbocycles. The summed E-state index contributed by atoms with van der Waals surface area (Å²) in [7, 11) is 0. The van der Waals surface area contributed by atoms with Crippen molar-refractivity contribution < 1.29 is 9.90 Å². The monoisotopic (exact) mass is 255 g/mol. The quantitative estimate of drug-likeness (QED) is 0.714. The first-order valence-corrected chi connectivity index (χ1v) is 7.03. The molecule has 0 aromatic carbocycles. The van der Waals surface area contributed by atoms with Gasteiger partial charge in [-0.1, -0.05) is 0 Å². The number of piperidine rings is 1. The van der Waals surface area contributed by atoms with Gasteiger partial charge in [-0.15, -0.1) is 0 Å². The minimum Gasteiger partial charge on any atom is -0.392 e. The molecule has 0 aromatic rings. The van der Waals surface area contributed by atoms with Crippen molar-refractivity contribution in [3.05, 3.63) is 0 Å². The van der Waals surface area contributed by atoms with Crippen LogP contribution in [-0.4, -0.2) is 72.7 Å². The zero-order chi connectivity index (χ0) is 13.0. The average Bonchev–Trinajstić information content (AvgIpc) is 2.40. The van der Waals surface area contributed by atoms with Gasteiger partial charge in [0.2, 0.25) is 5.91 Å². The molecule has 5 nitrogen and oxygen atoms in total. The van der Waals surface area contributed by atoms with Crippen LogP contribution in [0.5, 0.6) is 0 Å². The first-order valence-electron chi connectivity index (χ1n) is 7.03. The third kappa shape index (κ3) is 3.67. The Labute approximate surface area is 109 Å². The third-order valence-electron chi connectivity index (χ3n) is 4.19. The summed E-state index contributed by atoms with van der Waals surface area (Å²) in [6.45, 7) is 7.82. The summed E-state index contributed by atoms with van der Waals surface area (Å²) < 4.78 is 0. The summed E-state index contributed by atoms with van der Waals surface area (Å²) in [6.07, 6.45) is 1.94. The number of carbonyl (C=O) groups is 1. The molecule has 5 heteroatoms. The summed E-state index contributed by atoms with van der Waals surface area (Å²) in [4.78, 5) is 15.4. The van der Waals surface area contributed by atoms with Crippen molar-refractivity contribution >= 4 is 5.91 Å². The molecule has 1 atom stereocenters. The fourth-order valence-corrected chi connectivity index (χ4v) is 2.89. The normalized spacial score (nSPS) is 25.1. The zero-order valence-electron chi connectivity index (χ0n) is 11.3. The van der Waals surface area contributed by atoms with Gasteiger partial charge in [0.1, 0.15) is 0 Å². The van der Waals surface area contributed by atoms with E-state index in [1.165, 1.54) is 0 Å². The van der Waals surface area contributed by atoms with Crippen molar-refractivity contribution in [2.75, 3.05) is 45.8 Å². The van der Waals surface area contributed by atoms with Crippen LogP contribution < -0.4 is 5.32 Å². The maximum Gasteiger partial charge on any atom is 0.219 e. The van der Waals surface area contributed by atoms with Gasteiger partial charge in [-0.3, -0.25) is 9.69 Å². The average molecular weight is 255 g/mol. The van der Waals surface area contributed by atoms with E-state index in [9.17, 15) is 9.90 Å². The Morgan fingerprint density at radius 2 is 1.89 bits per heavy atom. The smallest absolute Gasteiger partial charge is 0.219 e. The van der Waals surface area contributed by atoms with Gasteiger partial charge in [0.05, 0.1) is 6.10 Å². The van der Waals surface area contributed by atoms with E-state index in [4.69, 9.17) is 0 Å². The molecule has 2 saturated heterocycles. The van der Waals surface area contributed by atoms with Crippen LogP contribution in [0.2, 0.25) is 0 Å². The molecule has 2 aliphatic heterocycles. The second-order valence-electron chi connectivity index (χ2n) is 5.46. The molecule has 2 fully saturated rings. The summed E-state index contributed by atoms with van der Waals surface area (Å²) in [6, 6.07) is 0. The third-order valence-corrected chi connectivity index (χ3v) is 4.19. The van der Waals surface area contributed by atoms with Gasteiger partial charge < -0.3 is 15.3 Å². The summed E-state index contributed by atoms with van der Waals surface area (Å²) in [5.74, 6) is 0.602. The van der Waals surface area contributed by atoms with Crippen LogP contribution in [-0.2, 0) is 4.79 Å². The molecule has 2 rings (SSSR count). The predicted octanol–water partition coefficient (Wildman–Crippen LogP) is -0.489. The lowest BCUT2D eigenvalue weighted by Gasteiger charge is -2.37. The minimum atomic E-state index is -0.212. The van der Waals surface area contributed by atoms with Gasteiger partial charge >= 0.3 is 0 Å². The van der Waals surface area contributed by atoms with Crippen LogP contribution >= 0.6 is 0 Å². The van der Waals surface area contributed by atoms with Gasteiger partial charge in [-0.2, -0.15) is 0 Å². The Morgan fingerprint density at radius 3 is 2.44 bits per heavy atom. The molecule has 2 N–H and O–H groups in total. The zero-order valence-corrected chi connectivity index (χ0v) is 11.3. The molecule has 1 unspecified atom stereocenters. The number of piperazine rings is 1. The standard InChI is InChI=1S/C13H25N3O2/c1-11(17)16-8-6-15(7-9-16)10-13(18)12-2-4-14-5-3-12/h12-14,18H,2-10H2,1H3. The molecule has 0 spiro atoms. The van der Waals surface area contributed by atoms with E-state index in [2.05, 4.69) is 10.2 Å². The number of β-amino-alcohol motifs (C(OH)–C–C–N with tert-alkyl or cyclic N) is 1. The second kappa shape index (κ2) is 6.50. The van der Waals surface area contributed by atoms with Crippen molar-refractivity contribution in [3.63, 3.8) is 0 Å². The molecule has 0 radical (unpaired) electrons. The van der Waals surface area contributed by atoms with Crippen LogP contribution in [0.15, 0.2) is 0 Å². The van der Waals surface area contributed by atoms with Crippen molar-refractivity contribution in [1.82, 2.24) is 15.1 Å². The SMILES string of the molecule is CC(=O)N1CCN(CC(O)C2CCNCC2)CC1. The number of aliphatic hydroxyl groups excluding tert-OH is 1. The number of nitrogens with one attached hydrogen (secondary N) is 1. The summed E-state index contributed by atoms with van der Waals surface area (Å²) in [5.41, 5.74) is 0. The molecule has 0 saturated carbocycles. The molecule has 0 bridgehead atoms. The highest BCUT2D eigenvalue weighted by atomic mass is 16.3. The Morgan fingerprint density at radius 1 is 1.28 bits per heavy atom. The Hall–Kier alpha value is -0.650. The molecular formula is C13H25N3O2. The molecule has 2 aliphatic rings. The largest absolute Gasteiger partial charge is 0.392 e. The summed E-state index contributed by atoms with van der Waals surface area (Å²) in [5, 5.41) is 13.6. The number of carbonyl (C=O) groups excluding carboxylic acids is 1. The number of rotatable bonds is 3. The fraction of sp³-hybridized carbons (Fsp3) is 0.923. The van der Waals surface area contributed by atoms with Crippen LogP contribution in [0.1, 0.15) is 19.8 Å². The van der Waals surface area contributed by atoms with Crippen molar-refractivity contribution in [2.24, 2.45) is 5.92 Å². The number of hydrogen-bond acceptors (Lipinski definition) is 4. The highest BCUT2D eigenvalue weighted by Crippen LogP contribution is 2.17. The van der Waals surface area contributed by atoms with Gasteiger partial charge in [-0.25, -0.2) is 0 Å². The van der Waals surface area contributed by atoms with Crippen LogP contribution in [0.4, 0.5) is 0 Å². The Bertz CT molecular complexity index is 271. The molecule has 0 aromatic heterocycles. The van der Waals surface area contributed by atoms with E-state index in [0.29, 0.717) is 5.92 Å². The first-order chi connectivity index (χ1) is 8.66. The van der Waals surface area contributed by atoms with Crippen LogP contribution in [0.25, 0.3) is 0 Å². The predicted molar refractivity (Wildman–Crippen MR) is 70.3 cm³/mol. The molecule has 18 heavy (non-hydrogen) atoms. The highest BCUT2D eigenvalue weighted by molar-refractivity contribution is 5.73. The van der Waals surface area contributed by atoms with E-state index in [0.717, 1.165) is 58.7 Å². The Kier molecular flexibility index (Phi) is 4.97. The van der Waals surface area contributed by atoms with Crippen molar-refractivity contribution in [1.29, 1.82) is 0 Å². The van der Waals surface area contributed by atoms with Gasteiger partial charge in [0.15, 0.2) is 0 Å². The topological polar surface area (TPSA) is 55.8 Å². The molecule has 104 valence electrons. The lowest BCUT2D eigenvalue weighted by Crippen LogP contribution is -2.51. The summed E-state index contributed by atoms with van der Waals surface area (Å²) >= 11 is 0. The lowest BCUT2D eigenvalue weighted by atomic mass is 9.92. The van der Waals surface area contributed by atoms with Gasteiger partial charge in [-0.05, 0) is 31.8 Å². The molecule has 2 heterocycles. The maximum absolute atomic E-state index is 11.2. The van der Waals surface area contributed by atoms with E-state index in [1.807, 2.05) is 4.90 Å². The molecular weight excluding hydrogens is 230 g/mol. The first kappa shape index (κ1) is 13.8. The fourth-order valence-electron chi connectivity index (χ4n) is 2.89. The van der Waals surface area contributed by atoms with Crippen molar-refractivity contribution in [3.8, 4) is 0 Å². The highest BCUT2D eigenvalue weighted by Gasteiger charge is 2.25. The van der Waals surface area contributed by atoms with E-state index >= 15 is 0 Å². The number of hydrogen-bond donors (Lipinski definition) is 2. The van der Waals surface area contributed by atoms with E-state index in [1.54, 1.807) is 6.92 Å². The number of nitrogens with zero attached hydrogens (tertiary/aromatic N) is 2.